The number of carbonyl (C=O) groups excluding carboxylic acids is 3. The molecule has 34 heavy (non-hydrogen) atoms. The Morgan fingerprint density at radius 3 is 2.82 bits per heavy atom. The van der Waals surface area contributed by atoms with E-state index in [1.54, 1.807) is 42.5 Å². The van der Waals surface area contributed by atoms with Crippen LogP contribution in [0.4, 0.5) is 5.69 Å². The number of halogens is 1. The number of ketones is 1. The fraction of sp³-hybridized carbons (Fsp3) is 0.250. The van der Waals surface area contributed by atoms with Gasteiger partial charge in [0.05, 0.1) is 5.69 Å². The van der Waals surface area contributed by atoms with Gasteiger partial charge in [0, 0.05) is 16.6 Å². The highest BCUT2D eigenvalue weighted by molar-refractivity contribution is 6.30. The van der Waals surface area contributed by atoms with Gasteiger partial charge in [0.25, 0.3) is 11.8 Å². The van der Waals surface area contributed by atoms with E-state index >= 15 is 0 Å². The molecule has 1 aromatic heterocycles. The van der Waals surface area contributed by atoms with Crippen LogP contribution >= 0.6 is 11.6 Å². The molecule has 176 valence electrons. The molecular formula is C24H22ClN3O6. The molecule has 2 aromatic carbocycles. The Labute approximate surface area is 200 Å². The Bertz CT molecular complexity index is 1240. The Balaban J connectivity index is 1.50. The third-order valence-electron chi connectivity index (χ3n) is 4.89. The molecule has 0 bridgehead atoms. The van der Waals surface area contributed by atoms with Gasteiger partial charge in [-0.05, 0) is 50.2 Å². The minimum Gasteiger partial charge on any atom is -0.485 e. The van der Waals surface area contributed by atoms with E-state index < -0.39 is 0 Å². The third-order valence-corrected chi connectivity index (χ3v) is 5.12. The number of nitrogens with zero attached hydrogens (tertiary/aromatic N) is 2. The lowest BCUT2D eigenvalue weighted by Crippen LogP contribution is -2.38. The van der Waals surface area contributed by atoms with Crippen LogP contribution in [-0.4, -0.2) is 41.8 Å². The summed E-state index contributed by atoms with van der Waals surface area (Å²) in [4.78, 5) is 43.0. The van der Waals surface area contributed by atoms with Gasteiger partial charge in [-0.15, -0.1) is 0 Å². The number of nitrogens with one attached hydrogen (secondary N) is 1. The van der Waals surface area contributed by atoms with Crippen molar-refractivity contribution < 1.29 is 28.3 Å². The van der Waals surface area contributed by atoms with Crippen molar-refractivity contribution >= 4 is 34.9 Å². The number of anilines is 1. The second kappa shape index (κ2) is 9.96. The smallest absolute Gasteiger partial charge is 0.273 e. The Kier molecular flexibility index (Phi) is 6.83. The van der Waals surface area contributed by atoms with Crippen molar-refractivity contribution in [2.75, 3.05) is 18.1 Å². The first-order valence-electron chi connectivity index (χ1n) is 10.5. The molecule has 0 aliphatic carbocycles. The molecule has 0 atom stereocenters. The molecule has 2 amide bonds. The van der Waals surface area contributed by atoms with Crippen LogP contribution in [-0.2, 0) is 11.3 Å². The van der Waals surface area contributed by atoms with E-state index in [-0.39, 0.29) is 55.0 Å². The lowest BCUT2D eigenvalue weighted by molar-refractivity contribution is -0.121. The predicted molar refractivity (Wildman–Crippen MR) is 124 cm³/mol. The highest BCUT2D eigenvalue weighted by atomic mass is 35.5. The average molecular weight is 484 g/mol. The molecular weight excluding hydrogens is 462 g/mol. The van der Waals surface area contributed by atoms with Crippen molar-refractivity contribution in [3.8, 4) is 11.5 Å². The van der Waals surface area contributed by atoms with Crippen LogP contribution in [0.3, 0.4) is 0 Å². The van der Waals surface area contributed by atoms with Gasteiger partial charge >= 0.3 is 0 Å². The number of oxazole rings is 1. The molecule has 3 aromatic rings. The molecule has 9 nitrogen and oxygen atoms in total. The maximum absolute atomic E-state index is 12.7. The fourth-order valence-corrected chi connectivity index (χ4v) is 3.48. The van der Waals surface area contributed by atoms with E-state index in [2.05, 4.69) is 10.3 Å². The number of amides is 2. The Morgan fingerprint density at radius 2 is 2.06 bits per heavy atom. The van der Waals surface area contributed by atoms with Gasteiger partial charge in [0.15, 0.2) is 24.7 Å². The summed E-state index contributed by atoms with van der Waals surface area (Å²) in [6.45, 7) is 3.27. The molecule has 0 fully saturated rings. The van der Waals surface area contributed by atoms with Gasteiger partial charge in [0.2, 0.25) is 5.89 Å². The van der Waals surface area contributed by atoms with Gasteiger partial charge < -0.3 is 19.2 Å². The third kappa shape index (κ3) is 5.37. The lowest BCUT2D eigenvalue weighted by atomic mass is 10.1. The van der Waals surface area contributed by atoms with E-state index in [4.69, 9.17) is 25.5 Å². The van der Waals surface area contributed by atoms with Crippen molar-refractivity contribution in [3.05, 3.63) is 70.9 Å². The molecule has 0 spiro atoms. The molecule has 0 unspecified atom stereocenters. The van der Waals surface area contributed by atoms with Crippen LogP contribution in [0.5, 0.6) is 11.5 Å². The topological polar surface area (TPSA) is 111 Å². The number of carbonyl (C=O) groups is 3. The summed E-state index contributed by atoms with van der Waals surface area (Å²) in [6, 6.07) is 11.5. The zero-order valence-corrected chi connectivity index (χ0v) is 19.3. The highest BCUT2D eigenvalue weighted by Gasteiger charge is 2.28. The van der Waals surface area contributed by atoms with Gasteiger partial charge in [-0.3, -0.25) is 19.3 Å². The molecule has 10 heteroatoms. The van der Waals surface area contributed by atoms with Gasteiger partial charge in [-0.2, -0.15) is 0 Å². The van der Waals surface area contributed by atoms with Gasteiger partial charge in [-0.1, -0.05) is 17.7 Å². The minimum atomic E-state index is -0.369. The highest BCUT2D eigenvalue weighted by Crippen LogP contribution is 2.34. The van der Waals surface area contributed by atoms with E-state index in [9.17, 15) is 14.4 Å². The van der Waals surface area contributed by atoms with Crippen LogP contribution in [0.1, 0.15) is 40.6 Å². The SMILES string of the molecule is CC(C)NC(=O)c1coc(CN2C(=O)COc3ccc(C(=O)COc4cccc(Cl)c4)cc32)n1. The molecule has 2 heterocycles. The number of ether oxygens (including phenoxy) is 2. The number of benzene rings is 2. The second-order valence-corrected chi connectivity index (χ2v) is 8.31. The molecule has 0 saturated heterocycles. The number of Topliss-reactive ketones (excluding diaryl/α,β-unsaturated/α-hetero) is 1. The summed E-state index contributed by atoms with van der Waals surface area (Å²) in [6.07, 6.45) is 1.24. The summed E-state index contributed by atoms with van der Waals surface area (Å²) in [5.41, 5.74) is 0.858. The van der Waals surface area contributed by atoms with E-state index in [0.717, 1.165) is 0 Å². The Hall–Kier alpha value is -3.85. The molecule has 4 rings (SSSR count). The first-order chi connectivity index (χ1) is 16.3. The average Bonchev–Trinajstić information content (AvgIpc) is 3.27. The van der Waals surface area contributed by atoms with Crippen LogP contribution in [0.25, 0.3) is 0 Å². The molecule has 0 saturated carbocycles. The number of hydrogen-bond acceptors (Lipinski definition) is 7. The molecule has 0 radical (unpaired) electrons. The van der Waals surface area contributed by atoms with Crippen molar-refractivity contribution in [1.29, 1.82) is 0 Å². The van der Waals surface area contributed by atoms with Crippen LogP contribution in [0.15, 0.2) is 53.1 Å². The van der Waals surface area contributed by atoms with E-state index in [1.807, 2.05) is 13.8 Å². The zero-order valence-electron chi connectivity index (χ0n) is 18.5. The quantitative estimate of drug-likeness (QED) is 0.487. The first kappa shape index (κ1) is 23.3. The maximum atomic E-state index is 12.7. The van der Waals surface area contributed by atoms with Crippen molar-refractivity contribution in [3.63, 3.8) is 0 Å². The number of rotatable bonds is 8. The standard InChI is InChI=1S/C24H22ClN3O6/c1-14(2)26-24(31)18-11-34-22(27-18)10-28-19-8-15(6-7-21(19)33-13-23(28)30)20(29)12-32-17-5-3-4-16(25)9-17/h3-9,11,14H,10,12-13H2,1-2H3,(H,26,31). The van der Waals surface area contributed by atoms with Crippen LogP contribution in [0, 0.1) is 0 Å². The molecule has 1 aliphatic rings. The summed E-state index contributed by atoms with van der Waals surface area (Å²) in [7, 11) is 0. The monoisotopic (exact) mass is 483 g/mol. The minimum absolute atomic E-state index is 0.0270. The number of fused-ring (bicyclic) bond motifs is 1. The normalized spacial score (nSPS) is 12.8. The van der Waals surface area contributed by atoms with E-state index in [1.165, 1.54) is 11.2 Å². The largest absolute Gasteiger partial charge is 0.485 e. The first-order valence-corrected chi connectivity index (χ1v) is 10.9. The predicted octanol–water partition coefficient (Wildman–Crippen LogP) is 3.65. The summed E-state index contributed by atoms with van der Waals surface area (Å²) in [5.74, 6) is 0.0991. The summed E-state index contributed by atoms with van der Waals surface area (Å²) < 4.78 is 16.4. The van der Waals surface area contributed by atoms with Crippen molar-refractivity contribution in [1.82, 2.24) is 10.3 Å². The molecule has 1 N–H and O–H groups in total. The fourth-order valence-electron chi connectivity index (χ4n) is 3.30. The zero-order chi connectivity index (χ0) is 24.2. The van der Waals surface area contributed by atoms with Crippen LogP contribution < -0.4 is 19.7 Å². The van der Waals surface area contributed by atoms with E-state index in [0.29, 0.717) is 27.8 Å². The number of hydrogen-bond donors (Lipinski definition) is 1. The van der Waals surface area contributed by atoms with Gasteiger partial charge in [-0.25, -0.2) is 4.98 Å². The lowest BCUT2D eigenvalue weighted by Gasteiger charge is -2.28. The van der Waals surface area contributed by atoms with Crippen molar-refractivity contribution in [2.45, 2.75) is 26.4 Å². The van der Waals surface area contributed by atoms with Crippen molar-refractivity contribution in [2.24, 2.45) is 0 Å². The summed E-state index contributed by atoms with van der Waals surface area (Å²) in [5, 5.41) is 3.23. The van der Waals surface area contributed by atoms with Crippen LogP contribution in [0.2, 0.25) is 5.02 Å². The van der Waals surface area contributed by atoms with Gasteiger partial charge in [0.1, 0.15) is 24.3 Å². The summed E-state index contributed by atoms with van der Waals surface area (Å²) >= 11 is 5.94. The Morgan fingerprint density at radius 1 is 1.24 bits per heavy atom. The molecule has 1 aliphatic heterocycles. The number of aromatic nitrogens is 1. The second-order valence-electron chi connectivity index (χ2n) is 7.87. The maximum Gasteiger partial charge on any atom is 0.273 e.